The van der Waals surface area contributed by atoms with Gasteiger partial charge in [0, 0.05) is 16.8 Å². The van der Waals surface area contributed by atoms with Gasteiger partial charge >= 0.3 is 0 Å². The summed E-state index contributed by atoms with van der Waals surface area (Å²) in [5.74, 6) is 1.57. The Morgan fingerprint density at radius 1 is 1.19 bits per heavy atom. The monoisotopic (exact) mass is 299 g/mol. The molecular formula is C16H17N3OS. The number of thioether (sulfide) groups is 1. The first-order valence-corrected chi connectivity index (χ1v) is 8.09. The predicted molar refractivity (Wildman–Crippen MR) is 85.4 cm³/mol. The second kappa shape index (κ2) is 6.26. The average Bonchev–Trinajstić information content (AvgIpc) is 2.95. The highest BCUT2D eigenvalue weighted by molar-refractivity contribution is 7.99. The SMILES string of the molecule is CCCCSc1nnc(-c2cc(C)nc3ccccc23)o1. The van der Waals surface area contributed by atoms with Crippen molar-refractivity contribution in [2.75, 3.05) is 5.75 Å². The Morgan fingerprint density at radius 2 is 2.05 bits per heavy atom. The number of benzene rings is 1. The number of hydrogen-bond acceptors (Lipinski definition) is 5. The molecule has 108 valence electrons. The highest BCUT2D eigenvalue weighted by Crippen LogP contribution is 2.29. The fraction of sp³-hybridized carbons (Fsp3) is 0.312. The molecule has 2 aromatic heterocycles. The normalized spacial score (nSPS) is 11.1. The van der Waals surface area contributed by atoms with Crippen molar-refractivity contribution in [2.45, 2.75) is 31.9 Å². The summed E-state index contributed by atoms with van der Waals surface area (Å²) in [4.78, 5) is 4.53. The molecule has 0 bridgehead atoms. The minimum atomic E-state index is 0.565. The molecule has 0 aliphatic heterocycles. The van der Waals surface area contributed by atoms with E-state index in [0.29, 0.717) is 11.1 Å². The zero-order valence-electron chi connectivity index (χ0n) is 12.2. The highest BCUT2D eigenvalue weighted by Gasteiger charge is 2.13. The quantitative estimate of drug-likeness (QED) is 0.513. The number of rotatable bonds is 5. The van der Waals surface area contributed by atoms with Crippen molar-refractivity contribution >= 4 is 22.7 Å². The third-order valence-electron chi connectivity index (χ3n) is 3.20. The van der Waals surface area contributed by atoms with E-state index in [1.165, 1.54) is 6.42 Å². The standard InChI is InChI=1S/C16H17N3OS/c1-3-4-9-21-16-19-18-15(20-16)13-10-11(2)17-14-8-6-5-7-12(13)14/h5-8,10H,3-4,9H2,1-2H3. The first-order chi connectivity index (χ1) is 10.3. The molecule has 0 radical (unpaired) electrons. The van der Waals surface area contributed by atoms with Gasteiger partial charge in [-0.25, -0.2) is 0 Å². The second-order valence-corrected chi connectivity index (χ2v) is 5.95. The lowest BCUT2D eigenvalue weighted by atomic mass is 10.1. The van der Waals surface area contributed by atoms with Crippen molar-refractivity contribution in [3.05, 3.63) is 36.0 Å². The number of fused-ring (bicyclic) bond motifs is 1. The van der Waals surface area contributed by atoms with E-state index in [1.54, 1.807) is 11.8 Å². The van der Waals surface area contributed by atoms with Crippen LogP contribution < -0.4 is 0 Å². The van der Waals surface area contributed by atoms with Gasteiger partial charge in [0.25, 0.3) is 5.22 Å². The summed E-state index contributed by atoms with van der Waals surface area (Å²) in [7, 11) is 0. The summed E-state index contributed by atoms with van der Waals surface area (Å²) in [5, 5.41) is 9.99. The largest absolute Gasteiger partial charge is 0.411 e. The second-order valence-electron chi connectivity index (χ2n) is 4.90. The average molecular weight is 299 g/mol. The Labute approximate surface area is 128 Å². The molecule has 0 N–H and O–H groups in total. The number of aromatic nitrogens is 3. The van der Waals surface area contributed by atoms with Crippen LogP contribution in [0.3, 0.4) is 0 Å². The van der Waals surface area contributed by atoms with Crippen molar-refractivity contribution < 1.29 is 4.42 Å². The van der Waals surface area contributed by atoms with E-state index in [0.717, 1.165) is 34.3 Å². The lowest BCUT2D eigenvalue weighted by molar-refractivity contribution is 0.466. The zero-order chi connectivity index (χ0) is 14.7. The van der Waals surface area contributed by atoms with Gasteiger partial charge in [-0.3, -0.25) is 4.98 Å². The van der Waals surface area contributed by atoms with Gasteiger partial charge in [-0.05, 0) is 25.5 Å². The van der Waals surface area contributed by atoms with Gasteiger partial charge in [-0.2, -0.15) is 0 Å². The third kappa shape index (κ3) is 3.08. The molecule has 0 fully saturated rings. The molecule has 3 aromatic rings. The van der Waals surface area contributed by atoms with Crippen LogP contribution in [0.5, 0.6) is 0 Å². The topological polar surface area (TPSA) is 51.8 Å². The summed E-state index contributed by atoms with van der Waals surface area (Å²) in [5.41, 5.74) is 2.85. The smallest absolute Gasteiger partial charge is 0.276 e. The number of para-hydroxylation sites is 1. The number of pyridine rings is 1. The minimum absolute atomic E-state index is 0.565. The Bertz CT molecular complexity index is 754. The van der Waals surface area contributed by atoms with Crippen molar-refractivity contribution in [1.29, 1.82) is 0 Å². The van der Waals surface area contributed by atoms with E-state index in [4.69, 9.17) is 4.42 Å². The summed E-state index contributed by atoms with van der Waals surface area (Å²) in [6.07, 6.45) is 2.32. The number of nitrogens with zero attached hydrogens (tertiary/aromatic N) is 3. The van der Waals surface area contributed by atoms with Crippen LogP contribution in [0.15, 0.2) is 40.0 Å². The van der Waals surface area contributed by atoms with E-state index in [1.807, 2.05) is 37.3 Å². The molecule has 0 atom stereocenters. The van der Waals surface area contributed by atoms with Gasteiger partial charge in [0.05, 0.1) is 11.1 Å². The minimum Gasteiger partial charge on any atom is -0.411 e. The van der Waals surface area contributed by atoms with Crippen LogP contribution in [-0.4, -0.2) is 20.9 Å². The Kier molecular flexibility index (Phi) is 4.20. The lowest BCUT2D eigenvalue weighted by Gasteiger charge is -2.03. The fourth-order valence-electron chi connectivity index (χ4n) is 2.17. The van der Waals surface area contributed by atoms with Gasteiger partial charge in [0.15, 0.2) is 0 Å². The van der Waals surface area contributed by atoms with Crippen LogP contribution in [-0.2, 0) is 0 Å². The van der Waals surface area contributed by atoms with Gasteiger partial charge in [-0.1, -0.05) is 43.3 Å². The van der Waals surface area contributed by atoms with Crippen LogP contribution in [0.2, 0.25) is 0 Å². The van der Waals surface area contributed by atoms with Crippen LogP contribution >= 0.6 is 11.8 Å². The van der Waals surface area contributed by atoms with E-state index >= 15 is 0 Å². The Morgan fingerprint density at radius 3 is 2.90 bits per heavy atom. The van der Waals surface area contributed by atoms with Gasteiger partial charge < -0.3 is 4.42 Å². The molecule has 0 saturated carbocycles. The first-order valence-electron chi connectivity index (χ1n) is 7.11. The van der Waals surface area contributed by atoms with Crippen molar-refractivity contribution in [3.63, 3.8) is 0 Å². The van der Waals surface area contributed by atoms with E-state index in [-0.39, 0.29) is 0 Å². The summed E-state index contributed by atoms with van der Waals surface area (Å²) in [6.45, 7) is 4.15. The summed E-state index contributed by atoms with van der Waals surface area (Å²) in [6, 6.07) is 10.0. The molecule has 0 amide bonds. The summed E-state index contributed by atoms with van der Waals surface area (Å²) >= 11 is 1.61. The molecule has 5 heteroatoms. The maximum absolute atomic E-state index is 5.79. The van der Waals surface area contributed by atoms with Crippen molar-refractivity contribution in [1.82, 2.24) is 15.2 Å². The van der Waals surface area contributed by atoms with Gasteiger partial charge in [-0.15, -0.1) is 10.2 Å². The Hall–Kier alpha value is -1.88. The third-order valence-corrected chi connectivity index (χ3v) is 4.11. The maximum atomic E-state index is 5.79. The van der Waals surface area contributed by atoms with Crippen molar-refractivity contribution in [2.24, 2.45) is 0 Å². The van der Waals surface area contributed by atoms with E-state index in [2.05, 4.69) is 22.1 Å². The van der Waals surface area contributed by atoms with Crippen molar-refractivity contribution in [3.8, 4) is 11.5 Å². The van der Waals surface area contributed by atoms with Crippen LogP contribution in [0.1, 0.15) is 25.5 Å². The molecule has 21 heavy (non-hydrogen) atoms. The van der Waals surface area contributed by atoms with Crippen LogP contribution in [0, 0.1) is 6.92 Å². The fourth-order valence-corrected chi connectivity index (χ4v) is 3.01. The number of aryl methyl sites for hydroxylation is 1. The molecule has 0 unspecified atom stereocenters. The van der Waals surface area contributed by atoms with Gasteiger partial charge in [0.2, 0.25) is 5.89 Å². The number of hydrogen-bond donors (Lipinski definition) is 0. The maximum Gasteiger partial charge on any atom is 0.276 e. The molecule has 4 nitrogen and oxygen atoms in total. The molecule has 0 spiro atoms. The molecule has 2 heterocycles. The van der Waals surface area contributed by atoms with Crippen LogP contribution in [0.25, 0.3) is 22.4 Å². The predicted octanol–water partition coefficient (Wildman–Crippen LogP) is 4.49. The van der Waals surface area contributed by atoms with Crippen LogP contribution in [0.4, 0.5) is 0 Å². The molecule has 0 aliphatic carbocycles. The molecule has 1 aromatic carbocycles. The Balaban J connectivity index is 1.97. The van der Waals surface area contributed by atoms with E-state index in [9.17, 15) is 0 Å². The number of unbranched alkanes of at least 4 members (excludes halogenated alkanes) is 1. The first kappa shape index (κ1) is 14.1. The highest BCUT2D eigenvalue weighted by atomic mass is 32.2. The molecule has 0 aliphatic rings. The summed E-state index contributed by atoms with van der Waals surface area (Å²) < 4.78 is 5.79. The van der Waals surface area contributed by atoms with E-state index < -0.39 is 0 Å². The molecule has 0 saturated heterocycles. The zero-order valence-corrected chi connectivity index (χ0v) is 13.0. The molecule has 3 rings (SSSR count). The lowest BCUT2D eigenvalue weighted by Crippen LogP contribution is -1.88. The van der Waals surface area contributed by atoms with Gasteiger partial charge in [0.1, 0.15) is 0 Å². The molecular weight excluding hydrogens is 282 g/mol.